The van der Waals surface area contributed by atoms with E-state index in [1.54, 1.807) is 6.07 Å². The van der Waals surface area contributed by atoms with Gasteiger partial charge < -0.3 is 14.8 Å². The number of hydrogen-bond acceptors (Lipinski definition) is 6. The Hall–Kier alpha value is -2.24. The first-order valence-electron chi connectivity index (χ1n) is 7.63. The number of amides is 1. The number of halogens is 2. The summed E-state index contributed by atoms with van der Waals surface area (Å²) in [4.78, 5) is 21.1. The van der Waals surface area contributed by atoms with Crippen LogP contribution in [0.15, 0.2) is 35.1 Å². The average molecular weight is 471 g/mol. The van der Waals surface area contributed by atoms with Crippen LogP contribution in [0.4, 0.5) is 15.8 Å². The van der Waals surface area contributed by atoms with Gasteiger partial charge in [0.25, 0.3) is 5.91 Å². The van der Waals surface area contributed by atoms with Crippen molar-refractivity contribution in [3.05, 3.63) is 51.2 Å². The highest BCUT2D eigenvalue weighted by atomic mass is 127. The third kappa shape index (κ3) is 3.79. The zero-order valence-corrected chi connectivity index (χ0v) is 15.8. The molecule has 26 heavy (non-hydrogen) atoms. The van der Waals surface area contributed by atoms with Crippen LogP contribution in [0, 0.1) is 16.3 Å². The Bertz CT molecular complexity index is 961. The van der Waals surface area contributed by atoms with Crippen molar-refractivity contribution in [1.29, 1.82) is 0 Å². The quantitative estimate of drug-likeness (QED) is 0.290. The maximum Gasteiger partial charge on any atom is 0.277 e. The van der Waals surface area contributed by atoms with Gasteiger partial charge in [0.15, 0.2) is 17.8 Å². The van der Waals surface area contributed by atoms with Gasteiger partial charge in [0, 0.05) is 9.26 Å². The van der Waals surface area contributed by atoms with Crippen molar-refractivity contribution in [2.75, 3.05) is 18.5 Å². The molecule has 9 heteroatoms. The Labute approximate surface area is 161 Å². The van der Waals surface area contributed by atoms with E-state index in [0.29, 0.717) is 5.69 Å². The molecule has 0 bridgehead atoms. The molecule has 3 aromatic rings. The third-order valence-electron chi connectivity index (χ3n) is 3.62. The number of nitrogens with zero attached hydrogens (tertiary/aromatic N) is 1. The van der Waals surface area contributed by atoms with Crippen LogP contribution in [-0.2, 0) is 4.84 Å². The van der Waals surface area contributed by atoms with E-state index in [4.69, 9.17) is 14.4 Å². The first-order valence-corrected chi connectivity index (χ1v) is 8.71. The molecule has 3 rings (SSSR count). The van der Waals surface area contributed by atoms with Crippen LogP contribution in [0.25, 0.3) is 11.1 Å². The van der Waals surface area contributed by atoms with Crippen LogP contribution >= 0.6 is 22.6 Å². The molecular weight excluding hydrogens is 456 g/mol. The molecule has 0 saturated carbocycles. The number of aliphatic hydroxyl groups excluding tert-OH is 1. The maximum absolute atomic E-state index is 15.0. The number of hydroxylamine groups is 1. The molecule has 0 atom stereocenters. The van der Waals surface area contributed by atoms with Crippen molar-refractivity contribution in [2.45, 2.75) is 6.92 Å². The lowest BCUT2D eigenvalue weighted by molar-refractivity contribution is 0.0169. The van der Waals surface area contributed by atoms with Gasteiger partial charge in [-0.05, 0) is 59.3 Å². The fraction of sp³-hybridized carbons (Fsp3) is 0.176. The molecule has 0 radical (unpaired) electrons. The largest absolute Gasteiger partial charge is 0.443 e. The van der Waals surface area contributed by atoms with Crippen LogP contribution in [0.1, 0.15) is 15.9 Å². The van der Waals surface area contributed by atoms with Crippen molar-refractivity contribution in [1.82, 2.24) is 10.5 Å². The Kier molecular flexibility index (Phi) is 5.69. The number of carbonyl (C=O) groups excluding carboxylic acids is 1. The highest BCUT2D eigenvalue weighted by Crippen LogP contribution is 2.32. The van der Waals surface area contributed by atoms with Gasteiger partial charge in [0.1, 0.15) is 5.52 Å². The Morgan fingerprint density at radius 2 is 2.23 bits per heavy atom. The minimum Gasteiger partial charge on any atom is -0.443 e. The number of carbonyl (C=O) groups is 1. The molecule has 1 heterocycles. The molecule has 7 nitrogen and oxygen atoms in total. The smallest absolute Gasteiger partial charge is 0.277 e. The van der Waals surface area contributed by atoms with Crippen LogP contribution in [0.3, 0.4) is 0 Å². The number of hydrogen-bond donors (Lipinski definition) is 3. The van der Waals surface area contributed by atoms with Gasteiger partial charge in [-0.2, -0.15) is 0 Å². The normalized spacial score (nSPS) is 10.9. The number of aromatic nitrogens is 1. The number of fused-ring (bicyclic) bond motifs is 1. The fourth-order valence-electron chi connectivity index (χ4n) is 2.38. The van der Waals surface area contributed by atoms with E-state index < -0.39 is 11.7 Å². The number of anilines is 2. The Morgan fingerprint density at radius 3 is 2.96 bits per heavy atom. The minimum atomic E-state index is -0.707. The van der Waals surface area contributed by atoms with Gasteiger partial charge in [-0.1, -0.05) is 0 Å². The van der Waals surface area contributed by atoms with Gasteiger partial charge in [0.2, 0.25) is 0 Å². The van der Waals surface area contributed by atoms with Gasteiger partial charge in [-0.3, -0.25) is 9.63 Å². The summed E-state index contributed by atoms with van der Waals surface area (Å²) in [5.74, 6) is -1.39. The number of aliphatic hydroxyl groups is 1. The second-order valence-corrected chi connectivity index (χ2v) is 6.65. The van der Waals surface area contributed by atoms with Crippen molar-refractivity contribution < 1.29 is 23.5 Å². The average Bonchev–Trinajstić information content (AvgIpc) is 3.08. The molecule has 0 unspecified atom stereocenters. The van der Waals surface area contributed by atoms with Crippen molar-refractivity contribution in [3.63, 3.8) is 0 Å². The highest BCUT2D eigenvalue weighted by Gasteiger charge is 2.22. The molecular formula is C17H15FIN3O4. The van der Waals surface area contributed by atoms with E-state index in [2.05, 4.69) is 38.4 Å². The van der Waals surface area contributed by atoms with Crippen LogP contribution < -0.4 is 10.8 Å². The molecule has 3 N–H and O–H groups in total. The summed E-state index contributed by atoms with van der Waals surface area (Å²) in [6, 6.07) is 6.98. The zero-order valence-electron chi connectivity index (χ0n) is 13.7. The molecule has 1 amide bonds. The molecule has 0 fully saturated rings. The van der Waals surface area contributed by atoms with Crippen molar-refractivity contribution >= 4 is 51.0 Å². The summed E-state index contributed by atoms with van der Waals surface area (Å²) in [5, 5.41) is 11.7. The lowest BCUT2D eigenvalue weighted by Crippen LogP contribution is -2.26. The molecule has 136 valence electrons. The number of aryl methyl sites for hydroxylation is 1. The number of oxazole rings is 1. The number of rotatable bonds is 6. The summed E-state index contributed by atoms with van der Waals surface area (Å²) in [6.07, 6.45) is 1.11. The predicted molar refractivity (Wildman–Crippen MR) is 102 cm³/mol. The lowest BCUT2D eigenvalue weighted by Gasteiger charge is -2.15. The standard InChI is InChI=1S/C17H15FIN3O4/c1-9-6-10(19)2-3-12(9)21-15-11(17(24)22-26-5-4-23)7-13-16(14(15)18)20-8-25-13/h2-3,6-8,21,23H,4-5H2,1H3,(H,22,24). The summed E-state index contributed by atoms with van der Waals surface area (Å²) < 4.78 is 21.1. The first kappa shape index (κ1) is 18.5. The van der Waals surface area contributed by atoms with E-state index in [1.807, 2.05) is 19.1 Å². The molecule has 2 aromatic carbocycles. The molecule has 0 aliphatic heterocycles. The fourth-order valence-corrected chi connectivity index (χ4v) is 3.03. The van der Waals surface area contributed by atoms with Crippen LogP contribution in [-0.4, -0.2) is 29.2 Å². The summed E-state index contributed by atoms with van der Waals surface area (Å²) in [5.41, 5.74) is 3.81. The maximum atomic E-state index is 15.0. The van der Waals surface area contributed by atoms with Crippen LogP contribution in [0.5, 0.6) is 0 Å². The van der Waals surface area contributed by atoms with Gasteiger partial charge in [-0.25, -0.2) is 14.9 Å². The van der Waals surface area contributed by atoms with Gasteiger partial charge >= 0.3 is 0 Å². The van der Waals surface area contributed by atoms with Crippen molar-refractivity contribution in [3.8, 4) is 0 Å². The Morgan fingerprint density at radius 1 is 1.42 bits per heavy atom. The Balaban J connectivity index is 2.04. The first-order chi connectivity index (χ1) is 12.5. The second kappa shape index (κ2) is 7.98. The second-order valence-electron chi connectivity index (χ2n) is 5.40. The van der Waals surface area contributed by atoms with E-state index in [-0.39, 0.29) is 35.6 Å². The van der Waals surface area contributed by atoms with Crippen molar-refractivity contribution in [2.24, 2.45) is 0 Å². The molecule has 0 spiro atoms. The van der Waals surface area contributed by atoms with E-state index in [9.17, 15) is 9.18 Å². The molecule has 0 aliphatic rings. The number of nitrogens with one attached hydrogen (secondary N) is 2. The molecule has 0 aliphatic carbocycles. The lowest BCUT2D eigenvalue weighted by atomic mass is 10.1. The summed E-state index contributed by atoms with van der Waals surface area (Å²) in [7, 11) is 0. The van der Waals surface area contributed by atoms with Gasteiger partial charge in [-0.15, -0.1) is 0 Å². The summed E-state index contributed by atoms with van der Waals surface area (Å²) >= 11 is 2.18. The highest BCUT2D eigenvalue weighted by molar-refractivity contribution is 14.1. The van der Waals surface area contributed by atoms with Crippen LogP contribution in [0.2, 0.25) is 0 Å². The topological polar surface area (TPSA) is 96.6 Å². The molecule has 0 saturated heterocycles. The zero-order chi connectivity index (χ0) is 18.7. The predicted octanol–water partition coefficient (Wildman–Crippen LogP) is 3.28. The van der Waals surface area contributed by atoms with E-state index in [1.165, 1.54) is 6.07 Å². The molecule has 1 aromatic heterocycles. The minimum absolute atomic E-state index is 0.0114. The monoisotopic (exact) mass is 471 g/mol. The van der Waals surface area contributed by atoms with E-state index >= 15 is 0 Å². The van der Waals surface area contributed by atoms with E-state index in [0.717, 1.165) is 15.5 Å². The summed E-state index contributed by atoms with van der Waals surface area (Å²) in [6.45, 7) is 1.53. The number of benzene rings is 2. The third-order valence-corrected chi connectivity index (χ3v) is 4.29. The van der Waals surface area contributed by atoms with Gasteiger partial charge in [0.05, 0.1) is 24.5 Å². The SMILES string of the molecule is Cc1cc(I)ccc1Nc1c(C(=O)NOCCO)cc2ocnc2c1F.